The average molecular weight is 326 g/mol. The van der Waals surface area contributed by atoms with Gasteiger partial charge in [-0.3, -0.25) is 0 Å². The van der Waals surface area contributed by atoms with Crippen molar-refractivity contribution in [3.63, 3.8) is 0 Å². The fourth-order valence-electron chi connectivity index (χ4n) is 2.65. The number of rotatable bonds is 3. The summed E-state index contributed by atoms with van der Waals surface area (Å²) in [5, 5.41) is 0.733. The summed E-state index contributed by atoms with van der Waals surface area (Å²) in [6.45, 7) is 0.651. The molecule has 110 valence electrons. The van der Waals surface area contributed by atoms with Crippen molar-refractivity contribution < 1.29 is 9.13 Å². The van der Waals surface area contributed by atoms with Gasteiger partial charge in [0.1, 0.15) is 11.6 Å². The SMILES string of the molecule is NC(Cc1cc(Cl)cc2c1OCC2)c1cccc(F)c1Cl. The Morgan fingerprint density at radius 1 is 1.29 bits per heavy atom. The van der Waals surface area contributed by atoms with Crippen LogP contribution >= 0.6 is 23.2 Å². The minimum absolute atomic E-state index is 0.0737. The van der Waals surface area contributed by atoms with E-state index in [4.69, 9.17) is 33.7 Å². The topological polar surface area (TPSA) is 35.2 Å². The van der Waals surface area contributed by atoms with Crippen molar-refractivity contribution >= 4 is 23.2 Å². The van der Waals surface area contributed by atoms with Crippen LogP contribution in [0.3, 0.4) is 0 Å². The van der Waals surface area contributed by atoms with E-state index in [0.717, 1.165) is 23.3 Å². The van der Waals surface area contributed by atoms with E-state index in [0.29, 0.717) is 23.6 Å². The fraction of sp³-hybridized carbons (Fsp3) is 0.250. The first-order valence-electron chi connectivity index (χ1n) is 6.70. The fourth-order valence-corrected chi connectivity index (χ4v) is 3.18. The molecule has 2 aromatic carbocycles. The molecule has 1 aliphatic heterocycles. The van der Waals surface area contributed by atoms with E-state index in [1.807, 2.05) is 12.1 Å². The van der Waals surface area contributed by atoms with Crippen molar-refractivity contribution in [3.8, 4) is 5.75 Å². The number of hydrogen-bond donors (Lipinski definition) is 1. The third-order valence-corrected chi connectivity index (χ3v) is 4.26. The molecular formula is C16H14Cl2FNO. The number of hydrogen-bond acceptors (Lipinski definition) is 2. The average Bonchev–Trinajstić information content (AvgIpc) is 2.90. The lowest BCUT2D eigenvalue weighted by atomic mass is 9.97. The Bertz CT molecular complexity index is 690. The normalized spacial score (nSPS) is 14.7. The molecule has 0 saturated carbocycles. The maximum absolute atomic E-state index is 13.5. The highest BCUT2D eigenvalue weighted by atomic mass is 35.5. The number of nitrogens with two attached hydrogens (primary N) is 1. The first-order valence-corrected chi connectivity index (χ1v) is 7.45. The zero-order chi connectivity index (χ0) is 15.0. The first-order chi connectivity index (χ1) is 10.1. The Labute approximate surface area is 132 Å². The van der Waals surface area contributed by atoms with Gasteiger partial charge in [-0.2, -0.15) is 0 Å². The van der Waals surface area contributed by atoms with Crippen LogP contribution in [0, 0.1) is 5.82 Å². The van der Waals surface area contributed by atoms with Gasteiger partial charge in [-0.1, -0.05) is 35.3 Å². The summed E-state index contributed by atoms with van der Waals surface area (Å²) >= 11 is 12.1. The van der Waals surface area contributed by atoms with Crippen LogP contribution in [0.1, 0.15) is 22.7 Å². The van der Waals surface area contributed by atoms with E-state index in [1.165, 1.54) is 6.07 Å². The largest absolute Gasteiger partial charge is 0.493 e. The third-order valence-electron chi connectivity index (χ3n) is 3.65. The van der Waals surface area contributed by atoms with Gasteiger partial charge >= 0.3 is 0 Å². The second kappa shape index (κ2) is 5.84. The molecule has 3 rings (SSSR count). The van der Waals surface area contributed by atoms with Crippen molar-refractivity contribution in [2.24, 2.45) is 5.73 Å². The van der Waals surface area contributed by atoms with Crippen LogP contribution in [-0.4, -0.2) is 6.61 Å². The van der Waals surface area contributed by atoms with Crippen molar-refractivity contribution in [2.75, 3.05) is 6.61 Å². The maximum atomic E-state index is 13.5. The molecule has 0 aromatic heterocycles. The second-order valence-corrected chi connectivity index (χ2v) is 5.92. The summed E-state index contributed by atoms with van der Waals surface area (Å²) in [5.74, 6) is 0.388. The van der Waals surface area contributed by atoms with Gasteiger partial charge in [0.25, 0.3) is 0 Å². The predicted octanol–water partition coefficient (Wildman–Crippen LogP) is 4.31. The zero-order valence-electron chi connectivity index (χ0n) is 11.2. The van der Waals surface area contributed by atoms with Gasteiger partial charge in [0.15, 0.2) is 0 Å². The van der Waals surface area contributed by atoms with Crippen molar-refractivity contribution in [1.82, 2.24) is 0 Å². The minimum atomic E-state index is -0.461. The number of benzene rings is 2. The molecule has 0 spiro atoms. The molecule has 0 bridgehead atoms. The highest BCUT2D eigenvalue weighted by molar-refractivity contribution is 6.31. The standard InChI is InChI=1S/C16H14Cl2FNO/c17-11-6-9-4-5-21-16(9)10(7-11)8-14(20)12-2-1-3-13(19)15(12)18/h1-3,6-7,14H,4-5,8,20H2. The highest BCUT2D eigenvalue weighted by Crippen LogP contribution is 2.36. The maximum Gasteiger partial charge on any atom is 0.142 e. The minimum Gasteiger partial charge on any atom is -0.493 e. The molecule has 1 heterocycles. The van der Waals surface area contributed by atoms with Gasteiger partial charge in [-0.05, 0) is 41.3 Å². The number of fused-ring (bicyclic) bond motifs is 1. The lowest BCUT2D eigenvalue weighted by Crippen LogP contribution is -2.15. The van der Waals surface area contributed by atoms with Gasteiger partial charge in [0.2, 0.25) is 0 Å². The molecule has 0 aliphatic carbocycles. The quantitative estimate of drug-likeness (QED) is 0.912. The van der Waals surface area contributed by atoms with Crippen LogP contribution in [0.25, 0.3) is 0 Å². The van der Waals surface area contributed by atoms with Gasteiger partial charge in [-0.25, -0.2) is 4.39 Å². The van der Waals surface area contributed by atoms with Gasteiger partial charge in [-0.15, -0.1) is 0 Å². The Morgan fingerprint density at radius 3 is 2.90 bits per heavy atom. The highest BCUT2D eigenvalue weighted by Gasteiger charge is 2.21. The molecule has 1 atom stereocenters. The van der Waals surface area contributed by atoms with Gasteiger partial charge in [0, 0.05) is 17.5 Å². The Kier molecular flexibility index (Phi) is 4.07. The van der Waals surface area contributed by atoms with Crippen LogP contribution in [0.5, 0.6) is 5.75 Å². The van der Waals surface area contributed by atoms with Crippen LogP contribution in [-0.2, 0) is 12.8 Å². The molecule has 1 aliphatic rings. The van der Waals surface area contributed by atoms with Crippen LogP contribution in [0.4, 0.5) is 4.39 Å². The first kappa shape index (κ1) is 14.6. The van der Waals surface area contributed by atoms with Crippen molar-refractivity contribution in [3.05, 3.63) is 62.9 Å². The van der Waals surface area contributed by atoms with E-state index in [1.54, 1.807) is 12.1 Å². The van der Waals surface area contributed by atoms with Gasteiger partial charge < -0.3 is 10.5 Å². The summed E-state index contributed by atoms with van der Waals surface area (Å²) in [6, 6.07) is 8.00. The molecule has 2 N–H and O–H groups in total. The van der Waals surface area contributed by atoms with Crippen LogP contribution in [0.2, 0.25) is 10.0 Å². The van der Waals surface area contributed by atoms with Gasteiger partial charge in [0.05, 0.1) is 11.6 Å². The van der Waals surface area contributed by atoms with E-state index >= 15 is 0 Å². The number of ether oxygens (including phenoxy) is 1. The molecule has 0 amide bonds. The van der Waals surface area contributed by atoms with Crippen LogP contribution in [0.15, 0.2) is 30.3 Å². The molecular weight excluding hydrogens is 312 g/mol. The molecule has 0 saturated heterocycles. The van der Waals surface area contributed by atoms with Crippen molar-refractivity contribution in [2.45, 2.75) is 18.9 Å². The Hall–Kier alpha value is -1.29. The van der Waals surface area contributed by atoms with E-state index < -0.39 is 11.9 Å². The monoisotopic (exact) mass is 325 g/mol. The number of halogens is 3. The summed E-state index contributed by atoms with van der Waals surface area (Å²) in [5.41, 5.74) is 8.80. The third kappa shape index (κ3) is 2.86. The summed E-state index contributed by atoms with van der Waals surface area (Å²) in [4.78, 5) is 0. The Morgan fingerprint density at radius 2 is 2.10 bits per heavy atom. The van der Waals surface area contributed by atoms with E-state index in [9.17, 15) is 4.39 Å². The summed E-state index contributed by atoms with van der Waals surface area (Å²) < 4.78 is 19.2. The van der Waals surface area contributed by atoms with Crippen LogP contribution < -0.4 is 10.5 Å². The molecule has 0 radical (unpaired) electrons. The molecule has 21 heavy (non-hydrogen) atoms. The molecule has 5 heteroatoms. The zero-order valence-corrected chi connectivity index (χ0v) is 12.7. The molecule has 1 unspecified atom stereocenters. The summed E-state index contributed by atoms with van der Waals surface area (Å²) in [7, 11) is 0. The Balaban J connectivity index is 1.92. The summed E-state index contributed by atoms with van der Waals surface area (Å²) in [6.07, 6.45) is 1.34. The smallest absolute Gasteiger partial charge is 0.142 e. The second-order valence-electron chi connectivity index (χ2n) is 5.11. The lowest BCUT2D eigenvalue weighted by molar-refractivity contribution is 0.352. The lowest BCUT2D eigenvalue weighted by Gasteiger charge is -2.16. The van der Waals surface area contributed by atoms with E-state index in [-0.39, 0.29) is 5.02 Å². The van der Waals surface area contributed by atoms with Crippen molar-refractivity contribution in [1.29, 1.82) is 0 Å². The molecule has 0 fully saturated rings. The predicted molar refractivity (Wildman–Crippen MR) is 82.7 cm³/mol. The van der Waals surface area contributed by atoms with E-state index in [2.05, 4.69) is 0 Å². The molecule has 2 nitrogen and oxygen atoms in total. The molecule has 2 aromatic rings.